The van der Waals surface area contributed by atoms with Crippen molar-refractivity contribution < 1.29 is 9.66 Å². The lowest BCUT2D eigenvalue weighted by atomic mass is 10.00. The zero-order chi connectivity index (χ0) is 14.8. The van der Waals surface area contributed by atoms with Crippen molar-refractivity contribution in [2.24, 2.45) is 0 Å². The lowest BCUT2D eigenvalue weighted by Gasteiger charge is -2.27. The predicted octanol–water partition coefficient (Wildman–Crippen LogP) is 4.13. The number of non-ortho nitro benzene ring substituents is 1. The highest BCUT2D eigenvalue weighted by Gasteiger charge is 2.28. The van der Waals surface area contributed by atoms with E-state index in [2.05, 4.69) is 12.2 Å². The van der Waals surface area contributed by atoms with Crippen molar-refractivity contribution in [1.82, 2.24) is 0 Å². The molecule has 0 atom stereocenters. The Morgan fingerprint density at radius 1 is 1.30 bits per heavy atom. The molecule has 1 aliphatic carbocycles. The van der Waals surface area contributed by atoms with Crippen molar-refractivity contribution in [1.29, 1.82) is 0 Å². The van der Waals surface area contributed by atoms with Crippen molar-refractivity contribution in [2.45, 2.75) is 58.1 Å². The van der Waals surface area contributed by atoms with Crippen molar-refractivity contribution in [3.8, 4) is 5.75 Å². The Kier molecular flexibility index (Phi) is 4.16. The molecule has 5 nitrogen and oxygen atoms in total. The summed E-state index contributed by atoms with van der Waals surface area (Å²) in [6, 6.07) is 4.90. The molecular formula is C15H22N2O3. The topological polar surface area (TPSA) is 64.4 Å². The second kappa shape index (κ2) is 5.69. The summed E-state index contributed by atoms with van der Waals surface area (Å²) >= 11 is 0. The summed E-state index contributed by atoms with van der Waals surface area (Å²) < 4.78 is 5.60. The van der Waals surface area contributed by atoms with Gasteiger partial charge >= 0.3 is 0 Å². The molecule has 0 unspecified atom stereocenters. The summed E-state index contributed by atoms with van der Waals surface area (Å²) in [7, 11) is 0. The standard InChI is InChI=1S/C15H22N2O3/c1-11(2)20-14-9-12(8-13(10-14)17(18)19)16-15(3)6-4-5-7-15/h8-11,16H,4-7H2,1-3H3. The van der Waals surface area contributed by atoms with Gasteiger partial charge in [0.05, 0.1) is 17.1 Å². The number of hydrogen-bond donors (Lipinski definition) is 1. The Bertz CT molecular complexity index is 494. The van der Waals surface area contributed by atoms with Gasteiger partial charge in [-0.1, -0.05) is 12.8 Å². The number of nitrogens with one attached hydrogen (secondary N) is 1. The van der Waals surface area contributed by atoms with Gasteiger partial charge in [0.15, 0.2) is 0 Å². The van der Waals surface area contributed by atoms with Gasteiger partial charge in [-0.05, 0) is 33.6 Å². The van der Waals surface area contributed by atoms with E-state index in [0.29, 0.717) is 5.75 Å². The number of nitrogens with zero attached hydrogens (tertiary/aromatic N) is 1. The number of nitro benzene ring substituents is 1. The summed E-state index contributed by atoms with van der Waals surface area (Å²) in [6.07, 6.45) is 4.58. The van der Waals surface area contributed by atoms with E-state index in [1.807, 2.05) is 19.9 Å². The van der Waals surface area contributed by atoms with Gasteiger partial charge in [0.25, 0.3) is 5.69 Å². The zero-order valence-corrected chi connectivity index (χ0v) is 12.3. The molecule has 0 heterocycles. The second-order valence-corrected chi connectivity index (χ2v) is 6.03. The lowest BCUT2D eigenvalue weighted by molar-refractivity contribution is -0.384. The van der Waals surface area contributed by atoms with Crippen LogP contribution in [0.1, 0.15) is 46.5 Å². The largest absolute Gasteiger partial charge is 0.491 e. The van der Waals surface area contributed by atoms with Gasteiger partial charge in [-0.2, -0.15) is 0 Å². The van der Waals surface area contributed by atoms with Crippen LogP contribution in [0, 0.1) is 10.1 Å². The molecule has 1 N–H and O–H groups in total. The first-order chi connectivity index (χ1) is 9.38. The first kappa shape index (κ1) is 14.6. The van der Waals surface area contributed by atoms with E-state index in [9.17, 15) is 10.1 Å². The zero-order valence-electron chi connectivity index (χ0n) is 12.3. The summed E-state index contributed by atoms with van der Waals surface area (Å²) in [5.41, 5.74) is 0.858. The molecule has 0 spiro atoms. The van der Waals surface area contributed by atoms with E-state index in [4.69, 9.17) is 4.74 Å². The van der Waals surface area contributed by atoms with Crippen LogP contribution in [0.15, 0.2) is 18.2 Å². The molecule has 5 heteroatoms. The molecule has 1 aliphatic rings. The molecule has 110 valence electrons. The van der Waals surface area contributed by atoms with E-state index in [-0.39, 0.29) is 22.3 Å². The van der Waals surface area contributed by atoms with Crippen molar-refractivity contribution in [3.05, 3.63) is 28.3 Å². The van der Waals surface area contributed by atoms with Crippen LogP contribution in [-0.4, -0.2) is 16.6 Å². The molecule has 1 fully saturated rings. The number of ether oxygens (including phenoxy) is 1. The summed E-state index contributed by atoms with van der Waals surface area (Å²) in [6.45, 7) is 5.98. The average molecular weight is 278 g/mol. The van der Waals surface area contributed by atoms with E-state index >= 15 is 0 Å². The quantitative estimate of drug-likeness (QED) is 0.649. The second-order valence-electron chi connectivity index (χ2n) is 6.03. The van der Waals surface area contributed by atoms with Gasteiger partial charge in [0, 0.05) is 23.4 Å². The maximum Gasteiger partial charge on any atom is 0.275 e. The maximum absolute atomic E-state index is 11.0. The average Bonchev–Trinajstić information content (AvgIpc) is 2.74. The van der Waals surface area contributed by atoms with Crippen LogP contribution >= 0.6 is 0 Å². The van der Waals surface area contributed by atoms with Crippen LogP contribution in [0.2, 0.25) is 0 Å². The van der Waals surface area contributed by atoms with Gasteiger partial charge in [0.1, 0.15) is 5.75 Å². The number of nitro groups is 1. The Labute approximate surface area is 119 Å². The summed E-state index contributed by atoms with van der Waals surface area (Å²) in [5.74, 6) is 0.540. The molecule has 1 saturated carbocycles. The van der Waals surface area contributed by atoms with Gasteiger partial charge < -0.3 is 10.1 Å². The van der Waals surface area contributed by atoms with E-state index in [1.165, 1.54) is 18.9 Å². The van der Waals surface area contributed by atoms with Crippen LogP contribution in [0.5, 0.6) is 5.75 Å². The van der Waals surface area contributed by atoms with E-state index < -0.39 is 0 Å². The fraction of sp³-hybridized carbons (Fsp3) is 0.600. The number of hydrogen-bond acceptors (Lipinski definition) is 4. The Hall–Kier alpha value is -1.78. The first-order valence-electron chi connectivity index (χ1n) is 7.12. The monoisotopic (exact) mass is 278 g/mol. The van der Waals surface area contributed by atoms with Gasteiger partial charge in [-0.3, -0.25) is 10.1 Å². The number of anilines is 1. The molecule has 2 rings (SSSR count). The Morgan fingerprint density at radius 3 is 2.50 bits per heavy atom. The first-order valence-corrected chi connectivity index (χ1v) is 7.12. The van der Waals surface area contributed by atoms with E-state index in [0.717, 1.165) is 18.5 Å². The van der Waals surface area contributed by atoms with Gasteiger partial charge in [-0.15, -0.1) is 0 Å². The van der Waals surface area contributed by atoms with Crippen molar-refractivity contribution in [2.75, 3.05) is 5.32 Å². The van der Waals surface area contributed by atoms with Crippen LogP contribution in [0.3, 0.4) is 0 Å². The van der Waals surface area contributed by atoms with Crippen molar-refractivity contribution >= 4 is 11.4 Å². The van der Waals surface area contributed by atoms with Gasteiger partial charge in [0.2, 0.25) is 0 Å². The molecule has 0 bridgehead atoms. The highest BCUT2D eigenvalue weighted by Crippen LogP contribution is 2.35. The molecule has 0 radical (unpaired) electrons. The molecule has 1 aromatic carbocycles. The molecular weight excluding hydrogens is 256 g/mol. The van der Waals surface area contributed by atoms with Gasteiger partial charge in [-0.25, -0.2) is 0 Å². The molecule has 0 saturated heterocycles. The fourth-order valence-corrected chi connectivity index (χ4v) is 2.73. The number of benzene rings is 1. The van der Waals surface area contributed by atoms with Crippen LogP contribution in [0.4, 0.5) is 11.4 Å². The minimum atomic E-state index is -0.380. The smallest absolute Gasteiger partial charge is 0.275 e. The van der Waals surface area contributed by atoms with Crippen LogP contribution in [-0.2, 0) is 0 Å². The molecule has 0 aliphatic heterocycles. The SMILES string of the molecule is CC(C)Oc1cc(NC2(C)CCCC2)cc([N+](=O)[O-])c1. The number of rotatable bonds is 5. The van der Waals surface area contributed by atoms with Crippen molar-refractivity contribution in [3.63, 3.8) is 0 Å². The van der Waals surface area contributed by atoms with Crippen LogP contribution in [0.25, 0.3) is 0 Å². The van der Waals surface area contributed by atoms with E-state index in [1.54, 1.807) is 6.07 Å². The lowest BCUT2D eigenvalue weighted by Crippen LogP contribution is -2.30. The molecule has 0 aromatic heterocycles. The third-order valence-electron chi connectivity index (χ3n) is 3.63. The Balaban J connectivity index is 2.26. The summed E-state index contributed by atoms with van der Waals surface area (Å²) in [4.78, 5) is 10.7. The van der Waals surface area contributed by atoms with Crippen LogP contribution < -0.4 is 10.1 Å². The third-order valence-corrected chi connectivity index (χ3v) is 3.63. The minimum absolute atomic E-state index is 0.00748. The maximum atomic E-state index is 11.0. The molecule has 20 heavy (non-hydrogen) atoms. The Morgan fingerprint density at radius 2 is 1.95 bits per heavy atom. The normalized spacial score (nSPS) is 17.2. The highest BCUT2D eigenvalue weighted by atomic mass is 16.6. The third kappa shape index (κ3) is 3.62. The predicted molar refractivity (Wildman–Crippen MR) is 79.4 cm³/mol. The minimum Gasteiger partial charge on any atom is -0.491 e. The molecule has 0 amide bonds. The molecule has 1 aromatic rings. The fourth-order valence-electron chi connectivity index (χ4n) is 2.73. The highest BCUT2D eigenvalue weighted by molar-refractivity contribution is 5.57. The summed E-state index contributed by atoms with van der Waals surface area (Å²) in [5, 5.41) is 14.5.